The van der Waals surface area contributed by atoms with Gasteiger partial charge >= 0.3 is 5.97 Å². The van der Waals surface area contributed by atoms with Crippen LogP contribution in [0.2, 0.25) is 0 Å². The van der Waals surface area contributed by atoms with Gasteiger partial charge in [-0.05, 0) is 32.1 Å². The Morgan fingerprint density at radius 3 is 1.26 bits per heavy atom. The van der Waals surface area contributed by atoms with Crippen LogP contribution >= 0.6 is 0 Å². The van der Waals surface area contributed by atoms with E-state index in [1.165, 1.54) is 231 Å². The number of rotatable bonds is 56. The van der Waals surface area contributed by atoms with Crippen molar-refractivity contribution in [2.24, 2.45) is 0 Å². The van der Waals surface area contributed by atoms with Crippen molar-refractivity contribution in [2.45, 2.75) is 358 Å². The molecule has 1 aliphatic heterocycles. The minimum atomic E-state index is -1.57. The fourth-order valence-electron chi connectivity index (χ4n) is 10.3. The predicted octanol–water partition coefficient (Wildman–Crippen LogP) is 15.1. The smallest absolute Gasteiger partial charge is 0.305 e. The summed E-state index contributed by atoms with van der Waals surface area (Å²) in [6, 6.07) is -0.806. The van der Waals surface area contributed by atoms with E-state index in [1.54, 1.807) is 6.08 Å². The fourth-order valence-corrected chi connectivity index (χ4v) is 10.3. The highest BCUT2D eigenvalue weighted by molar-refractivity contribution is 5.76. The third-order valence-corrected chi connectivity index (χ3v) is 15.4. The van der Waals surface area contributed by atoms with Crippen LogP contribution in [0.3, 0.4) is 0 Å². The van der Waals surface area contributed by atoms with E-state index in [0.717, 1.165) is 57.8 Å². The average molecular weight is 1050 g/mol. The summed E-state index contributed by atoms with van der Waals surface area (Å²) in [6.45, 7) is 4.34. The number of allylic oxidation sites excluding steroid dienone is 1. The number of carbonyl (C=O) groups excluding carboxylic acids is 2. The molecular weight excluding hydrogens is 931 g/mol. The molecule has 1 rings (SSSR count). The zero-order chi connectivity index (χ0) is 53.8. The zero-order valence-corrected chi connectivity index (χ0v) is 48.3. The van der Waals surface area contributed by atoms with Crippen LogP contribution in [0.25, 0.3) is 0 Å². The van der Waals surface area contributed by atoms with Crippen LogP contribution in [0.4, 0.5) is 0 Å². The van der Waals surface area contributed by atoms with Gasteiger partial charge in [0.1, 0.15) is 24.4 Å². The molecule has 11 heteroatoms. The summed E-state index contributed by atoms with van der Waals surface area (Å²) < 4.78 is 16.7. The Bertz CT molecular complexity index is 1240. The van der Waals surface area contributed by atoms with Crippen molar-refractivity contribution in [1.82, 2.24) is 5.32 Å². The zero-order valence-electron chi connectivity index (χ0n) is 48.3. The second-order valence-electron chi connectivity index (χ2n) is 22.5. The van der Waals surface area contributed by atoms with E-state index in [-0.39, 0.29) is 18.5 Å². The Balaban J connectivity index is 1.96. The summed E-state index contributed by atoms with van der Waals surface area (Å²) in [4.78, 5) is 25.0. The molecule has 0 aromatic carbocycles. The largest absolute Gasteiger partial charge is 0.466 e. The molecule has 438 valence electrons. The van der Waals surface area contributed by atoms with Crippen LogP contribution in [-0.2, 0) is 23.8 Å². The number of ether oxygens (including phenoxy) is 3. The summed E-state index contributed by atoms with van der Waals surface area (Å²) in [5.41, 5.74) is 0. The van der Waals surface area contributed by atoms with Crippen LogP contribution in [-0.4, -0.2) is 100 Å². The van der Waals surface area contributed by atoms with E-state index in [1.807, 2.05) is 6.08 Å². The number of unbranched alkanes of at least 4 members (excludes halogenated alkanes) is 42. The third kappa shape index (κ3) is 42.4. The summed E-state index contributed by atoms with van der Waals surface area (Å²) in [5, 5.41) is 54.2. The lowest BCUT2D eigenvalue weighted by Crippen LogP contribution is -2.60. The van der Waals surface area contributed by atoms with Crippen molar-refractivity contribution < 1.29 is 49.3 Å². The van der Waals surface area contributed by atoms with Crippen LogP contribution in [0.15, 0.2) is 12.2 Å². The van der Waals surface area contributed by atoms with Gasteiger partial charge in [-0.1, -0.05) is 283 Å². The molecule has 0 aliphatic carbocycles. The maximum absolute atomic E-state index is 13.0. The highest BCUT2D eigenvalue weighted by atomic mass is 16.7. The lowest BCUT2D eigenvalue weighted by atomic mass is 9.99. The van der Waals surface area contributed by atoms with Gasteiger partial charge in [0.2, 0.25) is 5.91 Å². The Hall–Kier alpha value is -1.60. The predicted molar refractivity (Wildman–Crippen MR) is 306 cm³/mol. The van der Waals surface area contributed by atoms with Gasteiger partial charge in [-0.2, -0.15) is 0 Å². The maximum Gasteiger partial charge on any atom is 0.305 e. The lowest BCUT2D eigenvalue weighted by Gasteiger charge is -2.40. The summed E-state index contributed by atoms with van der Waals surface area (Å²) in [7, 11) is 0. The molecular formula is C63H121NO10. The number of aliphatic hydroxyl groups is 5. The highest BCUT2D eigenvalue weighted by Gasteiger charge is 2.44. The molecule has 1 saturated heterocycles. The summed E-state index contributed by atoms with van der Waals surface area (Å²) >= 11 is 0. The molecule has 0 saturated carbocycles. The van der Waals surface area contributed by atoms with Crippen LogP contribution in [0, 0.1) is 0 Å². The highest BCUT2D eigenvalue weighted by Crippen LogP contribution is 2.23. The van der Waals surface area contributed by atoms with Crippen molar-refractivity contribution in [3.8, 4) is 0 Å². The Morgan fingerprint density at radius 1 is 0.486 bits per heavy atom. The number of hydrogen-bond acceptors (Lipinski definition) is 10. The Kier molecular flexibility index (Phi) is 50.8. The molecule has 11 nitrogen and oxygen atoms in total. The Morgan fingerprint density at radius 2 is 0.851 bits per heavy atom. The lowest BCUT2D eigenvalue weighted by molar-refractivity contribution is -0.302. The molecule has 6 N–H and O–H groups in total. The van der Waals surface area contributed by atoms with Crippen LogP contribution < -0.4 is 5.32 Å². The van der Waals surface area contributed by atoms with E-state index < -0.39 is 49.5 Å². The molecule has 1 fully saturated rings. The molecule has 0 radical (unpaired) electrons. The maximum atomic E-state index is 13.0. The Labute approximate surface area is 455 Å². The van der Waals surface area contributed by atoms with Gasteiger partial charge in [0, 0.05) is 12.8 Å². The van der Waals surface area contributed by atoms with Gasteiger partial charge < -0.3 is 45.1 Å². The van der Waals surface area contributed by atoms with E-state index in [0.29, 0.717) is 19.4 Å². The van der Waals surface area contributed by atoms with Crippen molar-refractivity contribution >= 4 is 11.9 Å². The second kappa shape index (κ2) is 53.4. The molecule has 1 heterocycles. The number of aliphatic hydroxyl groups excluding tert-OH is 5. The molecule has 7 atom stereocenters. The van der Waals surface area contributed by atoms with Gasteiger partial charge in [0.25, 0.3) is 0 Å². The fraction of sp³-hybridized carbons (Fsp3) is 0.937. The van der Waals surface area contributed by atoms with Crippen LogP contribution in [0.5, 0.6) is 0 Å². The number of nitrogens with one attached hydrogen (secondary N) is 1. The first-order valence-corrected chi connectivity index (χ1v) is 32.0. The molecule has 1 amide bonds. The average Bonchev–Trinajstić information content (AvgIpc) is 3.40. The molecule has 7 unspecified atom stereocenters. The SMILES string of the molecule is CCCCCCCCC/C=C/C(O)C(COC1OC(CO)C(O)C(O)C1O)NC(=O)CCCCCCCCCCCCCCCCCCCCCCCCCCOC(=O)CCCCCCCCCCCCCCC. The molecule has 0 spiro atoms. The molecule has 1 aliphatic rings. The number of hydrogen-bond donors (Lipinski definition) is 6. The summed E-state index contributed by atoms with van der Waals surface area (Å²) in [5.74, 6) is -0.175. The van der Waals surface area contributed by atoms with Gasteiger partial charge in [-0.15, -0.1) is 0 Å². The number of carbonyl (C=O) groups is 2. The van der Waals surface area contributed by atoms with Gasteiger partial charge in [0.15, 0.2) is 6.29 Å². The molecule has 0 aromatic rings. The molecule has 0 bridgehead atoms. The van der Waals surface area contributed by atoms with Crippen molar-refractivity contribution in [3.05, 3.63) is 12.2 Å². The number of amides is 1. The van der Waals surface area contributed by atoms with Crippen LogP contribution in [0.1, 0.15) is 316 Å². The first kappa shape index (κ1) is 70.4. The first-order valence-electron chi connectivity index (χ1n) is 32.0. The van der Waals surface area contributed by atoms with Gasteiger partial charge in [0.05, 0.1) is 32.0 Å². The quantitative estimate of drug-likeness (QED) is 0.0195. The van der Waals surface area contributed by atoms with Crippen molar-refractivity contribution in [1.29, 1.82) is 0 Å². The van der Waals surface area contributed by atoms with Crippen molar-refractivity contribution in [3.63, 3.8) is 0 Å². The first-order chi connectivity index (χ1) is 36.2. The molecule has 0 aromatic heterocycles. The monoisotopic (exact) mass is 1050 g/mol. The van der Waals surface area contributed by atoms with Gasteiger partial charge in [-0.25, -0.2) is 0 Å². The summed E-state index contributed by atoms with van der Waals surface area (Å²) in [6.07, 6.45) is 53.3. The van der Waals surface area contributed by atoms with E-state index >= 15 is 0 Å². The minimum Gasteiger partial charge on any atom is -0.466 e. The second-order valence-corrected chi connectivity index (χ2v) is 22.5. The minimum absolute atomic E-state index is 0.00630. The molecule has 74 heavy (non-hydrogen) atoms. The van der Waals surface area contributed by atoms with E-state index in [9.17, 15) is 35.1 Å². The topological polar surface area (TPSA) is 175 Å². The van der Waals surface area contributed by atoms with Crippen molar-refractivity contribution in [2.75, 3.05) is 19.8 Å². The van der Waals surface area contributed by atoms with E-state index in [4.69, 9.17) is 14.2 Å². The van der Waals surface area contributed by atoms with Gasteiger partial charge in [-0.3, -0.25) is 9.59 Å². The normalized spacial score (nSPS) is 18.8. The van der Waals surface area contributed by atoms with E-state index in [2.05, 4.69) is 19.2 Å². The third-order valence-electron chi connectivity index (χ3n) is 15.4. The number of esters is 1. The standard InChI is InChI=1S/C63H121NO10/c1-3-5-7-9-11-13-14-27-31-35-39-43-47-51-59(68)72-52-48-44-40-36-32-29-26-24-22-20-18-16-15-17-19-21-23-25-28-30-34-38-42-46-50-58(67)64-55(56(66)49-45-41-37-33-12-10-8-6-4-2)54-73-63-62(71)61(70)60(69)57(53-65)74-63/h45,49,55-57,60-63,65-66,69-71H,3-44,46-48,50-54H2,1-2H3,(H,64,67)/b49-45+.